The number of hydrogen-bond acceptors (Lipinski definition) is 1. The minimum atomic E-state index is -0.564. The van der Waals surface area contributed by atoms with Crippen LogP contribution in [-0.4, -0.2) is 5.11 Å². The van der Waals surface area contributed by atoms with E-state index in [9.17, 15) is 5.11 Å². The Morgan fingerprint density at radius 2 is 1.93 bits per heavy atom. The van der Waals surface area contributed by atoms with Crippen molar-refractivity contribution >= 4 is 0 Å². The van der Waals surface area contributed by atoms with Crippen LogP contribution in [0.2, 0.25) is 0 Å². The molecule has 2 atom stereocenters. The molecule has 1 aliphatic rings. The van der Waals surface area contributed by atoms with Crippen molar-refractivity contribution in [1.29, 1.82) is 0 Å². The third-order valence-electron chi connectivity index (χ3n) is 3.56. The van der Waals surface area contributed by atoms with Gasteiger partial charge in [-0.3, -0.25) is 0 Å². The maximum Gasteiger partial charge on any atom is 0.0899 e. The van der Waals surface area contributed by atoms with Crippen molar-refractivity contribution in [3.05, 3.63) is 35.4 Å². The molecule has 1 aromatic rings. The van der Waals surface area contributed by atoms with Gasteiger partial charge < -0.3 is 5.11 Å². The second kappa shape index (κ2) is 3.97. The van der Waals surface area contributed by atoms with Crippen molar-refractivity contribution in [2.45, 2.75) is 45.1 Å². The number of benzene rings is 1. The molecule has 0 amide bonds. The lowest BCUT2D eigenvalue weighted by molar-refractivity contribution is -0.0178. The molecular weight excluding hydrogens is 184 g/mol. The fourth-order valence-corrected chi connectivity index (χ4v) is 2.65. The molecule has 1 nitrogen and oxygen atoms in total. The highest BCUT2D eigenvalue weighted by molar-refractivity contribution is 5.27. The molecule has 2 rings (SSSR count). The second-order valence-electron chi connectivity index (χ2n) is 5.10. The molecule has 0 aromatic heterocycles. The SMILES string of the molecule is Cc1ccc([C@@]2(O)CCC[C@@H](C)C2)cc1. The fourth-order valence-electron chi connectivity index (χ4n) is 2.65. The Kier molecular flexibility index (Phi) is 2.83. The van der Waals surface area contributed by atoms with E-state index in [4.69, 9.17) is 0 Å². The molecule has 1 aliphatic carbocycles. The molecular formula is C14H20O. The summed E-state index contributed by atoms with van der Waals surface area (Å²) >= 11 is 0. The van der Waals surface area contributed by atoms with E-state index in [1.807, 2.05) is 0 Å². The van der Waals surface area contributed by atoms with Gasteiger partial charge in [0.2, 0.25) is 0 Å². The number of aliphatic hydroxyl groups is 1. The summed E-state index contributed by atoms with van der Waals surface area (Å²) in [4.78, 5) is 0. The molecule has 1 fully saturated rings. The van der Waals surface area contributed by atoms with Crippen LogP contribution >= 0.6 is 0 Å². The molecule has 0 saturated heterocycles. The van der Waals surface area contributed by atoms with Gasteiger partial charge >= 0.3 is 0 Å². The van der Waals surface area contributed by atoms with Gasteiger partial charge in [-0.25, -0.2) is 0 Å². The van der Waals surface area contributed by atoms with Gasteiger partial charge in [0.15, 0.2) is 0 Å². The highest BCUT2D eigenvalue weighted by Gasteiger charge is 2.33. The molecule has 1 saturated carbocycles. The Hall–Kier alpha value is -0.820. The largest absolute Gasteiger partial charge is 0.385 e. The zero-order chi connectivity index (χ0) is 10.9. The summed E-state index contributed by atoms with van der Waals surface area (Å²) in [5.74, 6) is 0.644. The van der Waals surface area contributed by atoms with Crippen molar-refractivity contribution in [1.82, 2.24) is 0 Å². The third-order valence-corrected chi connectivity index (χ3v) is 3.56. The summed E-state index contributed by atoms with van der Waals surface area (Å²) < 4.78 is 0. The molecule has 0 unspecified atom stereocenters. The second-order valence-corrected chi connectivity index (χ2v) is 5.10. The minimum Gasteiger partial charge on any atom is -0.385 e. The topological polar surface area (TPSA) is 20.2 Å². The van der Waals surface area contributed by atoms with Gasteiger partial charge in [-0.2, -0.15) is 0 Å². The fraction of sp³-hybridized carbons (Fsp3) is 0.571. The van der Waals surface area contributed by atoms with Crippen molar-refractivity contribution < 1.29 is 5.11 Å². The van der Waals surface area contributed by atoms with Gasteiger partial charge in [-0.05, 0) is 37.7 Å². The first kappa shape index (κ1) is 10.7. The van der Waals surface area contributed by atoms with E-state index in [1.54, 1.807) is 0 Å². The van der Waals surface area contributed by atoms with Gasteiger partial charge in [-0.1, -0.05) is 43.2 Å². The van der Waals surface area contributed by atoms with Crippen molar-refractivity contribution in [3.63, 3.8) is 0 Å². The number of aryl methyl sites for hydroxylation is 1. The normalized spacial score (nSPS) is 31.5. The molecule has 0 radical (unpaired) electrons. The van der Waals surface area contributed by atoms with E-state index in [2.05, 4.69) is 38.1 Å². The van der Waals surface area contributed by atoms with E-state index in [1.165, 1.54) is 12.0 Å². The van der Waals surface area contributed by atoms with Crippen molar-refractivity contribution in [2.24, 2.45) is 5.92 Å². The molecule has 0 bridgehead atoms. The molecule has 82 valence electrons. The van der Waals surface area contributed by atoms with E-state index in [-0.39, 0.29) is 0 Å². The average molecular weight is 204 g/mol. The van der Waals surface area contributed by atoms with Gasteiger partial charge in [0.25, 0.3) is 0 Å². The van der Waals surface area contributed by atoms with Gasteiger partial charge in [0.1, 0.15) is 0 Å². The molecule has 1 heteroatoms. The minimum absolute atomic E-state index is 0.564. The zero-order valence-electron chi connectivity index (χ0n) is 9.66. The molecule has 1 aromatic carbocycles. The molecule has 0 heterocycles. The summed E-state index contributed by atoms with van der Waals surface area (Å²) in [6.07, 6.45) is 4.23. The number of rotatable bonds is 1. The van der Waals surface area contributed by atoms with Crippen LogP contribution in [0, 0.1) is 12.8 Å². The van der Waals surface area contributed by atoms with Gasteiger partial charge in [0.05, 0.1) is 5.60 Å². The Morgan fingerprint density at radius 3 is 2.53 bits per heavy atom. The van der Waals surface area contributed by atoms with Crippen LogP contribution in [0.3, 0.4) is 0 Å². The third kappa shape index (κ3) is 2.23. The number of hydrogen-bond donors (Lipinski definition) is 1. The van der Waals surface area contributed by atoms with Crippen LogP contribution in [0.25, 0.3) is 0 Å². The lowest BCUT2D eigenvalue weighted by Crippen LogP contribution is -2.31. The van der Waals surface area contributed by atoms with E-state index >= 15 is 0 Å². The van der Waals surface area contributed by atoms with Gasteiger partial charge in [0, 0.05) is 0 Å². The summed E-state index contributed by atoms with van der Waals surface area (Å²) in [6, 6.07) is 8.33. The predicted octanol–water partition coefficient (Wildman–Crippen LogP) is 3.39. The summed E-state index contributed by atoms with van der Waals surface area (Å²) in [6.45, 7) is 4.32. The van der Waals surface area contributed by atoms with E-state index in [0.29, 0.717) is 5.92 Å². The maximum absolute atomic E-state index is 10.6. The molecule has 0 spiro atoms. The van der Waals surface area contributed by atoms with Crippen LogP contribution in [0.1, 0.15) is 43.7 Å². The summed E-state index contributed by atoms with van der Waals surface area (Å²) in [5, 5.41) is 10.6. The van der Waals surface area contributed by atoms with Crippen LogP contribution in [-0.2, 0) is 5.60 Å². The maximum atomic E-state index is 10.6. The standard InChI is InChI=1S/C14H20O/c1-11-5-7-13(8-6-11)14(15)9-3-4-12(2)10-14/h5-8,12,15H,3-4,9-10H2,1-2H3/t12-,14-/m1/s1. The summed E-state index contributed by atoms with van der Waals surface area (Å²) in [5.41, 5.74) is 1.79. The zero-order valence-corrected chi connectivity index (χ0v) is 9.66. The summed E-state index contributed by atoms with van der Waals surface area (Å²) in [7, 11) is 0. The van der Waals surface area contributed by atoms with E-state index < -0.39 is 5.60 Å². The lowest BCUT2D eigenvalue weighted by Gasteiger charge is -2.36. The molecule has 15 heavy (non-hydrogen) atoms. The van der Waals surface area contributed by atoms with Crippen molar-refractivity contribution in [3.8, 4) is 0 Å². The van der Waals surface area contributed by atoms with Crippen LogP contribution < -0.4 is 0 Å². The Labute approximate surface area is 92.1 Å². The first-order chi connectivity index (χ1) is 7.10. The first-order valence-corrected chi connectivity index (χ1v) is 5.90. The molecule has 0 aliphatic heterocycles. The quantitative estimate of drug-likeness (QED) is 0.743. The smallest absolute Gasteiger partial charge is 0.0899 e. The predicted molar refractivity (Wildman–Crippen MR) is 62.7 cm³/mol. The van der Waals surface area contributed by atoms with Gasteiger partial charge in [-0.15, -0.1) is 0 Å². The first-order valence-electron chi connectivity index (χ1n) is 5.90. The van der Waals surface area contributed by atoms with Crippen LogP contribution in [0.4, 0.5) is 0 Å². The van der Waals surface area contributed by atoms with E-state index in [0.717, 1.165) is 24.8 Å². The Balaban J connectivity index is 2.24. The molecule has 1 N–H and O–H groups in total. The highest BCUT2D eigenvalue weighted by Crippen LogP contribution is 2.39. The van der Waals surface area contributed by atoms with Crippen molar-refractivity contribution in [2.75, 3.05) is 0 Å². The average Bonchev–Trinajstić information content (AvgIpc) is 2.18. The van der Waals surface area contributed by atoms with Crippen LogP contribution in [0.15, 0.2) is 24.3 Å². The monoisotopic (exact) mass is 204 g/mol. The van der Waals surface area contributed by atoms with Crippen LogP contribution in [0.5, 0.6) is 0 Å². The lowest BCUT2D eigenvalue weighted by atomic mass is 9.75. The Bertz CT molecular complexity index is 328. The Morgan fingerprint density at radius 1 is 1.27 bits per heavy atom. The highest BCUT2D eigenvalue weighted by atomic mass is 16.3.